The fraction of sp³-hybridized carbons (Fsp3) is 0.947. The zero-order valence-corrected chi connectivity index (χ0v) is 15.5. The highest BCUT2D eigenvalue weighted by molar-refractivity contribution is 5.78. The molecule has 1 heterocycles. The fourth-order valence-corrected chi connectivity index (χ4v) is 4.27. The summed E-state index contributed by atoms with van der Waals surface area (Å²) in [5.41, 5.74) is 0. The third-order valence-corrected chi connectivity index (χ3v) is 5.47. The Kier molecular flexibility index (Phi) is 9.07. The van der Waals surface area contributed by atoms with Crippen LogP contribution in [-0.4, -0.2) is 73.2 Å². The van der Waals surface area contributed by atoms with E-state index in [2.05, 4.69) is 22.2 Å². The average molecular weight is 340 g/mol. The molecule has 1 saturated heterocycles. The number of nitrogens with one attached hydrogen (secondary N) is 1. The van der Waals surface area contributed by atoms with Gasteiger partial charge in [0, 0.05) is 25.7 Å². The zero-order valence-electron chi connectivity index (χ0n) is 15.5. The van der Waals surface area contributed by atoms with Crippen LogP contribution in [0.4, 0.5) is 0 Å². The first-order chi connectivity index (χ1) is 11.7. The summed E-state index contributed by atoms with van der Waals surface area (Å²) in [7, 11) is 2.06. The van der Waals surface area contributed by atoms with Crippen molar-refractivity contribution in [3.05, 3.63) is 0 Å². The van der Waals surface area contributed by atoms with Crippen LogP contribution in [0.1, 0.15) is 57.8 Å². The number of likely N-dealkylation sites (tertiary alicyclic amines) is 1. The standard InChI is InChI=1S/C19H37N3O2/c1-21(14-17-8-7-11-22(15-17)12-13-23)16-19(24)20-18-9-5-3-2-4-6-10-18/h17-18,23H,2-16H2,1H3,(H,20,24). The maximum Gasteiger partial charge on any atom is 0.234 e. The lowest BCUT2D eigenvalue weighted by molar-refractivity contribution is -0.123. The Bertz CT molecular complexity index is 355. The number of rotatable bonds is 7. The summed E-state index contributed by atoms with van der Waals surface area (Å²) in [5, 5.41) is 12.4. The van der Waals surface area contributed by atoms with Gasteiger partial charge in [-0.1, -0.05) is 32.1 Å². The number of nitrogens with zero attached hydrogens (tertiary/aromatic N) is 2. The number of aliphatic hydroxyl groups is 1. The molecule has 140 valence electrons. The average Bonchev–Trinajstić information content (AvgIpc) is 2.50. The number of aliphatic hydroxyl groups excluding tert-OH is 1. The molecule has 2 aliphatic rings. The smallest absolute Gasteiger partial charge is 0.234 e. The van der Waals surface area contributed by atoms with E-state index in [0.29, 0.717) is 18.5 Å². The fourth-order valence-electron chi connectivity index (χ4n) is 4.27. The number of hydrogen-bond donors (Lipinski definition) is 2. The number of likely N-dealkylation sites (N-methyl/N-ethyl adjacent to an activating group) is 1. The van der Waals surface area contributed by atoms with E-state index >= 15 is 0 Å². The summed E-state index contributed by atoms with van der Waals surface area (Å²) >= 11 is 0. The molecule has 0 radical (unpaired) electrons. The van der Waals surface area contributed by atoms with Crippen LogP contribution in [0, 0.1) is 5.92 Å². The summed E-state index contributed by atoms with van der Waals surface area (Å²) in [6.07, 6.45) is 11.2. The third kappa shape index (κ3) is 7.49. The van der Waals surface area contributed by atoms with Crippen LogP contribution in [0.3, 0.4) is 0 Å². The number of carbonyl (C=O) groups excluding carboxylic acids is 1. The second kappa shape index (κ2) is 11.1. The van der Waals surface area contributed by atoms with Gasteiger partial charge in [0.15, 0.2) is 0 Å². The Hall–Kier alpha value is -0.650. The van der Waals surface area contributed by atoms with Crippen LogP contribution in [0.25, 0.3) is 0 Å². The normalized spacial score (nSPS) is 24.5. The van der Waals surface area contributed by atoms with Crippen LogP contribution >= 0.6 is 0 Å². The van der Waals surface area contributed by atoms with Gasteiger partial charge in [0.25, 0.3) is 0 Å². The quantitative estimate of drug-likeness (QED) is 0.743. The van der Waals surface area contributed by atoms with Crippen LogP contribution in [0.2, 0.25) is 0 Å². The summed E-state index contributed by atoms with van der Waals surface area (Å²) in [6.45, 7) is 4.65. The highest BCUT2D eigenvalue weighted by atomic mass is 16.3. The number of amides is 1. The van der Waals surface area contributed by atoms with E-state index < -0.39 is 0 Å². The predicted octanol–water partition coefficient (Wildman–Crippen LogP) is 1.85. The minimum Gasteiger partial charge on any atom is -0.395 e. The lowest BCUT2D eigenvalue weighted by Gasteiger charge is -2.34. The van der Waals surface area contributed by atoms with Crippen LogP contribution in [-0.2, 0) is 4.79 Å². The molecule has 24 heavy (non-hydrogen) atoms. The first-order valence-corrected chi connectivity index (χ1v) is 9.98. The summed E-state index contributed by atoms with van der Waals surface area (Å²) < 4.78 is 0. The van der Waals surface area contributed by atoms with Gasteiger partial charge in [0.2, 0.25) is 5.91 Å². The molecule has 0 aromatic carbocycles. The Balaban J connectivity index is 1.66. The maximum atomic E-state index is 12.3. The van der Waals surface area contributed by atoms with Gasteiger partial charge in [-0.15, -0.1) is 0 Å². The van der Waals surface area contributed by atoms with Gasteiger partial charge in [-0.25, -0.2) is 0 Å². The van der Waals surface area contributed by atoms with Gasteiger partial charge in [0.05, 0.1) is 13.2 Å². The van der Waals surface area contributed by atoms with Crippen molar-refractivity contribution in [2.45, 2.75) is 63.8 Å². The van der Waals surface area contributed by atoms with Crippen molar-refractivity contribution >= 4 is 5.91 Å². The molecule has 0 bridgehead atoms. The highest BCUT2D eigenvalue weighted by Gasteiger charge is 2.22. The number of β-amino-alcohol motifs (C(OH)–C–C–N with tert-alkyl or cyclic N) is 1. The van der Waals surface area contributed by atoms with Gasteiger partial charge >= 0.3 is 0 Å². The monoisotopic (exact) mass is 339 g/mol. The van der Waals surface area contributed by atoms with Crippen LogP contribution in [0.5, 0.6) is 0 Å². The first kappa shape index (κ1) is 19.7. The van der Waals surface area contributed by atoms with E-state index in [1.54, 1.807) is 0 Å². The Morgan fingerprint density at radius 1 is 1.12 bits per heavy atom. The molecule has 5 heteroatoms. The van der Waals surface area contributed by atoms with Gasteiger partial charge in [-0.2, -0.15) is 0 Å². The van der Waals surface area contributed by atoms with Crippen LogP contribution in [0.15, 0.2) is 0 Å². The molecule has 1 saturated carbocycles. The third-order valence-electron chi connectivity index (χ3n) is 5.47. The molecule has 0 spiro atoms. The van der Waals surface area contributed by atoms with Gasteiger partial charge in [-0.05, 0) is 45.2 Å². The van der Waals surface area contributed by atoms with Gasteiger partial charge in [-0.3, -0.25) is 9.69 Å². The molecule has 2 N–H and O–H groups in total. The molecule has 0 aromatic heterocycles. The van der Waals surface area contributed by atoms with Gasteiger partial charge < -0.3 is 15.3 Å². The van der Waals surface area contributed by atoms with Crippen molar-refractivity contribution in [3.8, 4) is 0 Å². The van der Waals surface area contributed by atoms with Crippen molar-refractivity contribution in [3.63, 3.8) is 0 Å². The second-order valence-corrected chi connectivity index (χ2v) is 7.84. The minimum atomic E-state index is 0.186. The molecule has 2 fully saturated rings. The first-order valence-electron chi connectivity index (χ1n) is 9.98. The largest absolute Gasteiger partial charge is 0.395 e. The summed E-state index contributed by atoms with van der Waals surface area (Å²) in [5.74, 6) is 0.801. The predicted molar refractivity (Wildman–Crippen MR) is 98.0 cm³/mol. The Morgan fingerprint density at radius 2 is 1.83 bits per heavy atom. The Morgan fingerprint density at radius 3 is 2.54 bits per heavy atom. The van der Waals surface area contributed by atoms with E-state index in [1.807, 2.05) is 0 Å². The lowest BCUT2D eigenvalue weighted by atomic mass is 9.96. The molecule has 1 atom stereocenters. The van der Waals surface area contributed by atoms with E-state index in [4.69, 9.17) is 5.11 Å². The molecule has 5 nitrogen and oxygen atoms in total. The highest BCUT2D eigenvalue weighted by Crippen LogP contribution is 2.18. The molecular formula is C19H37N3O2. The lowest BCUT2D eigenvalue weighted by Crippen LogP contribution is -2.45. The topological polar surface area (TPSA) is 55.8 Å². The van der Waals surface area contributed by atoms with E-state index in [-0.39, 0.29) is 12.5 Å². The summed E-state index contributed by atoms with van der Waals surface area (Å²) in [6, 6.07) is 0.390. The van der Waals surface area contributed by atoms with Crippen molar-refractivity contribution in [2.24, 2.45) is 5.92 Å². The molecule has 1 aliphatic carbocycles. The van der Waals surface area contributed by atoms with Gasteiger partial charge in [0.1, 0.15) is 0 Å². The molecule has 1 amide bonds. The van der Waals surface area contributed by atoms with E-state index in [9.17, 15) is 4.79 Å². The van der Waals surface area contributed by atoms with Crippen molar-refractivity contribution in [1.29, 1.82) is 0 Å². The number of hydrogen-bond acceptors (Lipinski definition) is 4. The molecule has 0 aromatic rings. The van der Waals surface area contributed by atoms with Crippen molar-refractivity contribution in [2.75, 3.05) is 46.4 Å². The molecule has 1 aliphatic heterocycles. The minimum absolute atomic E-state index is 0.186. The van der Waals surface area contributed by atoms with E-state index in [0.717, 1.165) is 39.0 Å². The number of piperidine rings is 1. The zero-order chi connectivity index (χ0) is 17.2. The maximum absolute atomic E-state index is 12.3. The second-order valence-electron chi connectivity index (χ2n) is 7.84. The summed E-state index contributed by atoms with van der Waals surface area (Å²) in [4.78, 5) is 16.8. The van der Waals surface area contributed by atoms with Crippen molar-refractivity contribution in [1.82, 2.24) is 15.1 Å². The molecular weight excluding hydrogens is 302 g/mol. The SMILES string of the molecule is CN(CC(=O)NC1CCCCCCC1)CC1CCCN(CCO)C1. The van der Waals surface area contributed by atoms with E-state index in [1.165, 1.54) is 44.9 Å². The number of carbonyl (C=O) groups is 1. The van der Waals surface area contributed by atoms with Crippen LogP contribution < -0.4 is 5.32 Å². The molecule has 1 unspecified atom stereocenters. The molecule has 2 rings (SSSR count). The Labute approximate surface area is 147 Å². The van der Waals surface area contributed by atoms with Crippen molar-refractivity contribution < 1.29 is 9.90 Å².